The Bertz CT molecular complexity index is 442. The number of H-pyrrole nitrogens is 1. The summed E-state index contributed by atoms with van der Waals surface area (Å²) >= 11 is 0. The second kappa shape index (κ2) is 4.23. The first-order chi connectivity index (χ1) is 6.69. The number of rotatable bonds is 2. The molecule has 14 heavy (non-hydrogen) atoms. The smallest absolute Gasteiger partial charge is 0.343 e. The van der Waals surface area contributed by atoms with Crippen LogP contribution < -0.4 is 5.43 Å². The average molecular weight is 192 g/mol. The molecule has 0 aromatic carbocycles. The third-order valence-corrected chi connectivity index (χ3v) is 1.53. The van der Waals surface area contributed by atoms with Crippen LogP contribution in [0.5, 0.6) is 0 Å². The highest BCUT2D eigenvalue weighted by Gasteiger charge is 2.10. The van der Waals surface area contributed by atoms with E-state index in [9.17, 15) is 9.59 Å². The number of aromatic nitrogens is 1. The van der Waals surface area contributed by atoms with Crippen LogP contribution >= 0.6 is 0 Å². The lowest BCUT2D eigenvalue weighted by atomic mass is 10.2. The van der Waals surface area contributed by atoms with E-state index in [2.05, 4.69) is 9.72 Å². The van der Waals surface area contributed by atoms with Gasteiger partial charge in [0.1, 0.15) is 17.3 Å². The van der Waals surface area contributed by atoms with Gasteiger partial charge in [-0.05, 0) is 6.92 Å². The third kappa shape index (κ3) is 1.98. The number of carbonyl (C=O) groups is 1. The van der Waals surface area contributed by atoms with Gasteiger partial charge in [-0.1, -0.05) is 0 Å². The number of nitriles is 1. The minimum absolute atomic E-state index is 0.0918. The predicted octanol–water partition coefficient (Wildman–Crippen LogP) is 0.423. The first kappa shape index (κ1) is 9.99. The zero-order valence-corrected chi connectivity index (χ0v) is 7.53. The monoisotopic (exact) mass is 192 g/mol. The van der Waals surface area contributed by atoms with E-state index < -0.39 is 11.4 Å². The maximum atomic E-state index is 11.2. The van der Waals surface area contributed by atoms with Crippen molar-refractivity contribution in [2.45, 2.75) is 6.92 Å². The standard InChI is InChI=1S/C9H8N2O3/c1-2-14-9(13)7-5-11-6(4-10)3-8(7)12/h3,5H,2H2,1H3,(H,11,12). The highest BCUT2D eigenvalue weighted by molar-refractivity contribution is 5.88. The van der Waals surface area contributed by atoms with E-state index in [1.165, 1.54) is 6.20 Å². The second-order valence-electron chi connectivity index (χ2n) is 2.46. The molecule has 0 saturated carbocycles. The van der Waals surface area contributed by atoms with E-state index in [0.717, 1.165) is 6.07 Å². The molecule has 0 radical (unpaired) electrons. The number of nitrogens with zero attached hydrogens (tertiary/aromatic N) is 1. The van der Waals surface area contributed by atoms with E-state index in [1.54, 1.807) is 13.0 Å². The maximum absolute atomic E-state index is 11.2. The first-order valence-corrected chi connectivity index (χ1v) is 3.99. The van der Waals surface area contributed by atoms with Gasteiger partial charge in [0.2, 0.25) is 0 Å². The molecule has 0 amide bonds. The number of hydrogen-bond donors (Lipinski definition) is 1. The Morgan fingerprint density at radius 1 is 1.71 bits per heavy atom. The number of hydrogen-bond acceptors (Lipinski definition) is 4. The molecule has 0 unspecified atom stereocenters. The molecule has 0 aliphatic rings. The summed E-state index contributed by atoms with van der Waals surface area (Å²) in [5, 5.41) is 8.46. The zero-order chi connectivity index (χ0) is 10.6. The molecule has 0 atom stereocenters. The molecule has 72 valence electrons. The third-order valence-electron chi connectivity index (χ3n) is 1.53. The van der Waals surface area contributed by atoms with E-state index >= 15 is 0 Å². The molecule has 0 saturated heterocycles. The quantitative estimate of drug-likeness (QED) is 0.688. The average Bonchev–Trinajstić information content (AvgIpc) is 2.17. The fourth-order valence-corrected chi connectivity index (χ4v) is 0.904. The lowest BCUT2D eigenvalue weighted by Crippen LogP contribution is -2.17. The van der Waals surface area contributed by atoms with Crippen LogP contribution in [0.4, 0.5) is 0 Å². The molecule has 1 rings (SSSR count). The summed E-state index contributed by atoms with van der Waals surface area (Å²) < 4.78 is 4.64. The summed E-state index contributed by atoms with van der Waals surface area (Å²) in [4.78, 5) is 24.9. The van der Waals surface area contributed by atoms with Gasteiger partial charge in [-0.3, -0.25) is 4.79 Å². The predicted molar refractivity (Wildman–Crippen MR) is 47.7 cm³/mol. The Balaban J connectivity index is 3.08. The first-order valence-electron chi connectivity index (χ1n) is 3.99. The number of nitrogens with one attached hydrogen (secondary N) is 1. The number of aromatic amines is 1. The Morgan fingerprint density at radius 2 is 2.43 bits per heavy atom. The molecule has 5 nitrogen and oxygen atoms in total. The molecule has 0 fully saturated rings. The van der Waals surface area contributed by atoms with Gasteiger partial charge >= 0.3 is 5.97 Å². The highest BCUT2D eigenvalue weighted by atomic mass is 16.5. The zero-order valence-electron chi connectivity index (χ0n) is 7.53. The summed E-state index contributed by atoms with van der Waals surface area (Å²) in [6, 6.07) is 2.82. The summed E-state index contributed by atoms with van der Waals surface area (Å²) in [7, 11) is 0. The van der Waals surface area contributed by atoms with Crippen molar-refractivity contribution in [1.29, 1.82) is 5.26 Å². The van der Waals surface area contributed by atoms with Gasteiger partial charge in [0, 0.05) is 12.3 Å². The molecule has 0 spiro atoms. The van der Waals surface area contributed by atoms with E-state index in [4.69, 9.17) is 5.26 Å². The van der Waals surface area contributed by atoms with Crippen molar-refractivity contribution in [1.82, 2.24) is 4.98 Å². The van der Waals surface area contributed by atoms with E-state index in [-0.39, 0.29) is 17.9 Å². The SMILES string of the molecule is CCOC(=O)c1c[nH]c(C#N)cc1=O. The summed E-state index contributed by atoms with van der Waals surface area (Å²) in [6.07, 6.45) is 1.18. The minimum Gasteiger partial charge on any atom is -0.462 e. The molecule has 0 aliphatic heterocycles. The van der Waals surface area contributed by atoms with Gasteiger partial charge in [-0.2, -0.15) is 5.26 Å². The van der Waals surface area contributed by atoms with E-state index in [0.29, 0.717) is 0 Å². The molecule has 1 aromatic rings. The van der Waals surface area contributed by atoms with Gasteiger partial charge in [0.05, 0.1) is 6.61 Å². The number of pyridine rings is 1. The van der Waals surface area contributed by atoms with Crippen molar-refractivity contribution in [3.63, 3.8) is 0 Å². The fourth-order valence-electron chi connectivity index (χ4n) is 0.904. The van der Waals surface area contributed by atoms with Gasteiger partial charge in [-0.25, -0.2) is 4.79 Å². The minimum atomic E-state index is -0.682. The van der Waals surface area contributed by atoms with Crippen molar-refractivity contribution >= 4 is 5.97 Å². The molecule has 1 heterocycles. The van der Waals surface area contributed by atoms with Crippen LogP contribution in [0.15, 0.2) is 17.1 Å². The summed E-state index contributed by atoms with van der Waals surface area (Å²) in [5.41, 5.74) is -0.493. The Kier molecular flexibility index (Phi) is 3.02. The van der Waals surface area contributed by atoms with E-state index in [1.807, 2.05) is 0 Å². The van der Waals surface area contributed by atoms with Crippen molar-refractivity contribution in [2.75, 3.05) is 6.61 Å². The second-order valence-corrected chi connectivity index (χ2v) is 2.46. The normalized spacial score (nSPS) is 9.14. The molecule has 0 bridgehead atoms. The van der Waals surface area contributed by atoms with Crippen molar-refractivity contribution in [3.8, 4) is 6.07 Å². The Hall–Kier alpha value is -2.09. The van der Waals surface area contributed by atoms with Crippen molar-refractivity contribution < 1.29 is 9.53 Å². The lowest BCUT2D eigenvalue weighted by Gasteiger charge is -1.99. The van der Waals surface area contributed by atoms with Crippen LogP contribution in [0.3, 0.4) is 0 Å². The molecule has 1 N–H and O–H groups in total. The van der Waals surface area contributed by atoms with Crippen molar-refractivity contribution in [3.05, 3.63) is 33.7 Å². The summed E-state index contributed by atoms with van der Waals surface area (Å²) in [6.45, 7) is 1.86. The number of ether oxygens (including phenoxy) is 1. The van der Waals surface area contributed by atoms with Crippen LogP contribution in [-0.4, -0.2) is 17.6 Å². The number of carbonyl (C=O) groups excluding carboxylic acids is 1. The van der Waals surface area contributed by atoms with Crippen LogP contribution in [-0.2, 0) is 4.74 Å². The lowest BCUT2D eigenvalue weighted by molar-refractivity contribution is 0.0524. The number of esters is 1. The molecular weight excluding hydrogens is 184 g/mol. The maximum Gasteiger partial charge on any atom is 0.343 e. The van der Waals surface area contributed by atoms with Crippen LogP contribution in [0.25, 0.3) is 0 Å². The fraction of sp³-hybridized carbons (Fsp3) is 0.222. The van der Waals surface area contributed by atoms with Gasteiger partial charge in [0.25, 0.3) is 0 Å². The van der Waals surface area contributed by atoms with Crippen molar-refractivity contribution in [2.24, 2.45) is 0 Å². The molecule has 5 heteroatoms. The van der Waals surface area contributed by atoms with Gasteiger partial charge in [0.15, 0.2) is 5.43 Å². The Labute approximate surface area is 79.9 Å². The van der Waals surface area contributed by atoms with Crippen LogP contribution in [0.2, 0.25) is 0 Å². The molecule has 0 aliphatic carbocycles. The van der Waals surface area contributed by atoms with Crippen LogP contribution in [0.1, 0.15) is 23.0 Å². The molecular formula is C9H8N2O3. The molecule has 1 aromatic heterocycles. The highest BCUT2D eigenvalue weighted by Crippen LogP contribution is 1.95. The summed E-state index contributed by atoms with van der Waals surface area (Å²) in [5.74, 6) is -0.682. The Morgan fingerprint density at radius 3 is 2.93 bits per heavy atom. The largest absolute Gasteiger partial charge is 0.462 e. The topological polar surface area (TPSA) is 82.9 Å². The van der Waals surface area contributed by atoms with Gasteiger partial charge < -0.3 is 9.72 Å². The van der Waals surface area contributed by atoms with Gasteiger partial charge in [-0.15, -0.1) is 0 Å². The van der Waals surface area contributed by atoms with Crippen LogP contribution in [0, 0.1) is 11.3 Å².